The highest BCUT2D eigenvalue weighted by molar-refractivity contribution is 5.92. The van der Waals surface area contributed by atoms with E-state index < -0.39 is 0 Å². The average molecular weight is 477 g/mol. The summed E-state index contributed by atoms with van der Waals surface area (Å²) in [4.78, 5) is 19.3. The highest BCUT2D eigenvalue weighted by Crippen LogP contribution is 2.28. The van der Waals surface area contributed by atoms with Gasteiger partial charge in [-0.2, -0.15) is 0 Å². The topological polar surface area (TPSA) is 48.1 Å². The molecule has 0 aromatic heterocycles. The number of amides is 1. The van der Waals surface area contributed by atoms with Gasteiger partial charge in [-0.25, -0.2) is 4.39 Å². The van der Waals surface area contributed by atoms with Gasteiger partial charge >= 0.3 is 0 Å². The Kier molecular flexibility index (Phi) is 8.00. The number of likely N-dealkylation sites (N-methyl/N-ethyl adjacent to an activating group) is 1. The highest BCUT2D eigenvalue weighted by atomic mass is 19.1. The summed E-state index contributed by atoms with van der Waals surface area (Å²) in [5.74, 6) is 0.217. The first-order valence-corrected chi connectivity index (χ1v) is 11.9. The molecule has 1 heterocycles. The van der Waals surface area contributed by atoms with Crippen LogP contribution in [0.3, 0.4) is 0 Å². The molecule has 3 aromatic carbocycles. The van der Waals surface area contributed by atoms with E-state index in [0.717, 1.165) is 60.8 Å². The first-order valence-electron chi connectivity index (χ1n) is 11.9. The largest absolute Gasteiger partial charge is 0.483 e. The zero-order valence-electron chi connectivity index (χ0n) is 20.6. The van der Waals surface area contributed by atoms with Crippen molar-refractivity contribution in [3.63, 3.8) is 0 Å². The Morgan fingerprint density at radius 1 is 0.971 bits per heavy atom. The molecule has 1 aliphatic rings. The molecule has 1 aliphatic heterocycles. The summed E-state index contributed by atoms with van der Waals surface area (Å²) < 4.78 is 19.4. The van der Waals surface area contributed by atoms with Gasteiger partial charge < -0.3 is 19.9 Å². The van der Waals surface area contributed by atoms with Crippen molar-refractivity contribution in [2.75, 3.05) is 64.1 Å². The molecule has 3 aromatic rings. The van der Waals surface area contributed by atoms with Crippen LogP contribution in [-0.4, -0.2) is 69.6 Å². The number of hydrogen-bond donors (Lipinski definition) is 1. The molecule has 0 saturated carbocycles. The van der Waals surface area contributed by atoms with Crippen LogP contribution in [-0.2, 0) is 11.3 Å². The smallest absolute Gasteiger partial charge is 0.262 e. The van der Waals surface area contributed by atoms with Crippen LogP contribution in [0.15, 0.2) is 66.7 Å². The van der Waals surface area contributed by atoms with E-state index in [2.05, 4.69) is 28.2 Å². The van der Waals surface area contributed by atoms with Gasteiger partial charge in [0.25, 0.3) is 5.91 Å². The van der Waals surface area contributed by atoms with E-state index in [4.69, 9.17) is 4.74 Å². The monoisotopic (exact) mass is 476 g/mol. The number of anilines is 2. The predicted octanol–water partition coefficient (Wildman–Crippen LogP) is 4.32. The first-order chi connectivity index (χ1) is 16.9. The summed E-state index contributed by atoms with van der Waals surface area (Å²) in [6.45, 7) is 4.62. The zero-order valence-corrected chi connectivity index (χ0v) is 20.6. The highest BCUT2D eigenvalue weighted by Gasteiger charge is 2.17. The molecule has 1 N–H and O–H groups in total. The van der Waals surface area contributed by atoms with Gasteiger partial charge in [-0.3, -0.25) is 9.69 Å². The molecule has 0 aliphatic carbocycles. The van der Waals surface area contributed by atoms with Crippen LogP contribution in [0.5, 0.6) is 5.75 Å². The Hall–Kier alpha value is -3.42. The standard InChI is InChI=1S/C28H33FN4O2/c1-31(2)26-6-4-5-25(18-26)30-28(34)20-35-27-12-9-22(21-7-10-24(29)11-8-21)17-23(27)19-33-15-13-32(3)14-16-33/h4-12,17-18H,13-16,19-20H2,1-3H3,(H,30,34). The van der Waals surface area contributed by atoms with E-state index in [0.29, 0.717) is 5.75 Å². The number of carbonyl (C=O) groups is 1. The van der Waals surface area contributed by atoms with Gasteiger partial charge in [0.2, 0.25) is 0 Å². The van der Waals surface area contributed by atoms with Crippen molar-refractivity contribution in [1.82, 2.24) is 9.80 Å². The van der Waals surface area contributed by atoms with Crippen LogP contribution in [0.4, 0.5) is 15.8 Å². The van der Waals surface area contributed by atoms with Crippen molar-refractivity contribution in [1.29, 1.82) is 0 Å². The number of piperazine rings is 1. The quantitative estimate of drug-likeness (QED) is 0.525. The Labute approximate surface area is 206 Å². The van der Waals surface area contributed by atoms with Gasteiger partial charge in [-0.1, -0.05) is 24.3 Å². The number of halogens is 1. The summed E-state index contributed by atoms with van der Waals surface area (Å²) >= 11 is 0. The zero-order chi connectivity index (χ0) is 24.8. The van der Waals surface area contributed by atoms with Crippen LogP contribution in [0.1, 0.15) is 5.56 Å². The third kappa shape index (κ3) is 6.81. The van der Waals surface area contributed by atoms with Crippen molar-refractivity contribution in [3.8, 4) is 16.9 Å². The number of hydrogen-bond acceptors (Lipinski definition) is 5. The molecule has 0 bridgehead atoms. The van der Waals surface area contributed by atoms with E-state index in [-0.39, 0.29) is 18.3 Å². The maximum Gasteiger partial charge on any atom is 0.262 e. The van der Waals surface area contributed by atoms with Gasteiger partial charge in [0.1, 0.15) is 11.6 Å². The van der Waals surface area contributed by atoms with Crippen LogP contribution in [0.2, 0.25) is 0 Å². The van der Waals surface area contributed by atoms with Gasteiger partial charge in [0.05, 0.1) is 0 Å². The molecule has 184 valence electrons. The molecule has 0 unspecified atom stereocenters. The predicted molar refractivity (Wildman–Crippen MR) is 140 cm³/mol. The van der Waals surface area contributed by atoms with Crippen molar-refractivity contribution in [2.45, 2.75) is 6.54 Å². The summed E-state index contributed by atoms with van der Waals surface area (Å²) in [6.07, 6.45) is 0. The fraction of sp³-hybridized carbons (Fsp3) is 0.321. The molecule has 1 amide bonds. The number of ether oxygens (including phenoxy) is 1. The van der Waals surface area contributed by atoms with E-state index in [1.807, 2.05) is 55.4 Å². The Morgan fingerprint density at radius 2 is 1.69 bits per heavy atom. The molecule has 35 heavy (non-hydrogen) atoms. The second-order valence-corrected chi connectivity index (χ2v) is 9.19. The normalized spacial score (nSPS) is 14.5. The minimum Gasteiger partial charge on any atom is -0.483 e. The fourth-order valence-corrected chi connectivity index (χ4v) is 4.11. The lowest BCUT2D eigenvalue weighted by atomic mass is 10.0. The van der Waals surface area contributed by atoms with Crippen LogP contribution < -0.4 is 15.0 Å². The molecule has 1 fully saturated rings. The van der Waals surface area contributed by atoms with E-state index in [1.165, 1.54) is 12.1 Å². The third-order valence-corrected chi connectivity index (χ3v) is 6.23. The van der Waals surface area contributed by atoms with E-state index in [9.17, 15) is 9.18 Å². The number of rotatable bonds is 8. The van der Waals surface area contributed by atoms with E-state index >= 15 is 0 Å². The minimum absolute atomic E-state index is 0.0855. The molecular weight excluding hydrogens is 443 g/mol. The van der Waals surface area contributed by atoms with Gasteiger partial charge in [-0.15, -0.1) is 0 Å². The number of nitrogens with one attached hydrogen (secondary N) is 1. The number of benzene rings is 3. The molecule has 0 radical (unpaired) electrons. The number of carbonyl (C=O) groups excluding carboxylic acids is 1. The molecule has 0 atom stereocenters. The second-order valence-electron chi connectivity index (χ2n) is 9.19. The maximum atomic E-state index is 13.4. The van der Waals surface area contributed by atoms with Crippen molar-refractivity contribution < 1.29 is 13.9 Å². The van der Waals surface area contributed by atoms with Gasteiger partial charge in [-0.05, 0) is 60.6 Å². The SMILES string of the molecule is CN1CCN(Cc2cc(-c3ccc(F)cc3)ccc2OCC(=O)Nc2cccc(N(C)C)c2)CC1. The molecule has 0 spiro atoms. The Balaban J connectivity index is 1.48. The molecule has 4 rings (SSSR count). The van der Waals surface area contributed by atoms with Crippen molar-refractivity contribution in [3.05, 3.63) is 78.1 Å². The Bertz CT molecular complexity index is 1140. The maximum absolute atomic E-state index is 13.4. The van der Waals surface area contributed by atoms with Crippen molar-refractivity contribution >= 4 is 17.3 Å². The fourth-order valence-electron chi connectivity index (χ4n) is 4.11. The lowest BCUT2D eigenvalue weighted by Gasteiger charge is -2.32. The lowest BCUT2D eigenvalue weighted by Crippen LogP contribution is -2.43. The molecular formula is C28H33FN4O2. The molecule has 1 saturated heterocycles. The summed E-state index contributed by atoms with van der Waals surface area (Å²) in [6, 6.07) is 20.1. The minimum atomic E-state index is -0.256. The lowest BCUT2D eigenvalue weighted by molar-refractivity contribution is -0.118. The second kappa shape index (κ2) is 11.3. The van der Waals surface area contributed by atoms with Crippen LogP contribution in [0.25, 0.3) is 11.1 Å². The Morgan fingerprint density at radius 3 is 2.40 bits per heavy atom. The molecule has 6 nitrogen and oxygen atoms in total. The van der Waals surface area contributed by atoms with E-state index in [1.54, 1.807) is 12.1 Å². The van der Waals surface area contributed by atoms with Gasteiger partial charge in [0, 0.05) is 63.8 Å². The third-order valence-electron chi connectivity index (χ3n) is 6.23. The average Bonchev–Trinajstić information content (AvgIpc) is 2.85. The van der Waals surface area contributed by atoms with Gasteiger partial charge in [0.15, 0.2) is 6.61 Å². The van der Waals surface area contributed by atoms with Crippen LogP contribution in [0, 0.1) is 5.82 Å². The van der Waals surface area contributed by atoms with Crippen molar-refractivity contribution in [2.24, 2.45) is 0 Å². The first kappa shape index (κ1) is 24.7. The summed E-state index contributed by atoms with van der Waals surface area (Å²) in [7, 11) is 6.05. The molecule has 7 heteroatoms. The number of nitrogens with zero attached hydrogens (tertiary/aromatic N) is 3. The van der Waals surface area contributed by atoms with Crippen LogP contribution >= 0.6 is 0 Å². The summed E-state index contributed by atoms with van der Waals surface area (Å²) in [5, 5.41) is 2.91. The summed E-state index contributed by atoms with van der Waals surface area (Å²) in [5.41, 5.74) is 4.69.